The Morgan fingerprint density at radius 1 is 1.37 bits per heavy atom. The van der Waals surface area contributed by atoms with E-state index in [0.717, 1.165) is 62.9 Å². The van der Waals surface area contributed by atoms with Crippen molar-refractivity contribution in [2.45, 2.75) is 64.2 Å². The Labute approximate surface area is 181 Å². The lowest BCUT2D eigenvalue weighted by atomic mass is 10.1. The molecule has 0 saturated carbocycles. The number of nitrogens with two attached hydrogens (primary N) is 1. The number of nitrogens with zero attached hydrogens (tertiary/aromatic N) is 5. The van der Waals surface area contributed by atoms with E-state index in [1.165, 1.54) is 0 Å². The van der Waals surface area contributed by atoms with E-state index in [1.807, 2.05) is 24.7 Å². The second-order valence-electron chi connectivity index (χ2n) is 7.92. The zero-order valence-electron chi connectivity index (χ0n) is 18.2. The minimum atomic E-state index is 0.275. The van der Waals surface area contributed by atoms with E-state index in [-0.39, 0.29) is 5.95 Å². The summed E-state index contributed by atoms with van der Waals surface area (Å²) in [6, 6.07) is 0.781. The molecule has 8 nitrogen and oxygen atoms in total. The molecule has 3 N–H and O–H groups in total. The standard InChI is InChI=1S/C21H29N7OS/c1-6-12(3)24-14-7-15-17-19(25-21(22)26-20(17)30-10-14)28(27-15)9-16-13(4)18(29-5)11(2)8-23-16/h8,12,14,24H,6-7,9-10H2,1-5H3,(H2,22,25,26)/t12?,14-/m1/s1. The molecule has 0 saturated heterocycles. The molecule has 1 aliphatic rings. The number of nitrogen functional groups attached to an aromatic ring is 1. The van der Waals surface area contributed by atoms with E-state index in [0.29, 0.717) is 18.6 Å². The van der Waals surface area contributed by atoms with E-state index >= 15 is 0 Å². The number of aryl methyl sites for hydroxylation is 1. The van der Waals surface area contributed by atoms with Crippen LogP contribution in [0.4, 0.5) is 5.95 Å². The average molecular weight is 428 g/mol. The summed E-state index contributed by atoms with van der Waals surface area (Å²) in [5.41, 5.74) is 10.8. The summed E-state index contributed by atoms with van der Waals surface area (Å²) in [5.74, 6) is 2.07. The summed E-state index contributed by atoms with van der Waals surface area (Å²) >= 11 is 1.72. The quantitative estimate of drug-likeness (QED) is 0.579. The molecule has 1 aliphatic heterocycles. The third-order valence-electron chi connectivity index (χ3n) is 5.69. The first kappa shape index (κ1) is 20.9. The number of rotatable bonds is 6. The monoisotopic (exact) mass is 427 g/mol. The Kier molecular flexibility index (Phi) is 5.84. The maximum Gasteiger partial charge on any atom is 0.223 e. The van der Waals surface area contributed by atoms with Crippen LogP contribution in [-0.4, -0.2) is 49.7 Å². The van der Waals surface area contributed by atoms with Crippen LogP contribution in [0.25, 0.3) is 11.0 Å². The van der Waals surface area contributed by atoms with Crippen molar-refractivity contribution < 1.29 is 4.74 Å². The van der Waals surface area contributed by atoms with Crippen molar-refractivity contribution in [2.75, 3.05) is 18.6 Å². The molecule has 4 heterocycles. The van der Waals surface area contributed by atoms with Crippen molar-refractivity contribution in [2.24, 2.45) is 0 Å². The average Bonchev–Trinajstić information content (AvgIpc) is 2.95. The Bertz CT molecular complexity index is 1080. The van der Waals surface area contributed by atoms with Gasteiger partial charge in [-0.05, 0) is 27.2 Å². The third kappa shape index (κ3) is 3.83. The Morgan fingerprint density at radius 3 is 2.90 bits per heavy atom. The number of hydrogen-bond donors (Lipinski definition) is 2. The molecule has 3 aromatic heterocycles. The zero-order chi connectivity index (χ0) is 21.4. The molecule has 0 aliphatic carbocycles. The highest BCUT2D eigenvalue weighted by atomic mass is 32.2. The van der Waals surface area contributed by atoms with Gasteiger partial charge in [0.05, 0.1) is 30.4 Å². The van der Waals surface area contributed by atoms with Gasteiger partial charge >= 0.3 is 0 Å². The van der Waals surface area contributed by atoms with E-state index in [9.17, 15) is 0 Å². The minimum absolute atomic E-state index is 0.275. The highest BCUT2D eigenvalue weighted by molar-refractivity contribution is 7.99. The van der Waals surface area contributed by atoms with Crippen LogP contribution in [-0.2, 0) is 13.0 Å². The van der Waals surface area contributed by atoms with Crippen LogP contribution in [0.1, 0.15) is 42.8 Å². The van der Waals surface area contributed by atoms with Crippen LogP contribution in [0.2, 0.25) is 0 Å². The third-order valence-corrected chi connectivity index (χ3v) is 6.83. The number of anilines is 1. The fourth-order valence-electron chi connectivity index (χ4n) is 3.96. The molecule has 3 aromatic rings. The molecule has 9 heteroatoms. The smallest absolute Gasteiger partial charge is 0.223 e. The molecule has 2 atom stereocenters. The maximum absolute atomic E-state index is 6.05. The molecular weight excluding hydrogens is 398 g/mol. The number of thioether (sulfide) groups is 1. The first-order valence-corrected chi connectivity index (χ1v) is 11.3. The number of aromatic nitrogens is 5. The van der Waals surface area contributed by atoms with Crippen LogP contribution < -0.4 is 15.8 Å². The lowest BCUT2D eigenvalue weighted by Gasteiger charge is -2.20. The van der Waals surface area contributed by atoms with Crippen LogP contribution in [0.5, 0.6) is 5.75 Å². The molecule has 0 bridgehead atoms. The van der Waals surface area contributed by atoms with E-state index in [2.05, 4.69) is 34.1 Å². The summed E-state index contributed by atoms with van der Waals surface area (Å²) in [6.45, 7) is 8.94. The SMILES string of the molecule is CCC(C)N[C@H]1CSc2nc(N)nc3c2c(nn3Cc2ncc(C)c(OC)c2C)C1. The summed E-state index contributed by atoms with van der Waals surface area (Å²) in [6.07, 6.45) is 3.77. The minimum Gasteiger partial charge on any atom is -0.496 e. The van der Waals surface area contributed by atoms with Crippen molar-refractivity contribution in [3.05, 3.63) is 28.7 Å². The van der Waals surface area contributed by atoms with E-state index in [1.54, 1.807) is 18.9 Å². The maximum atomic E-state index is 6.05. The fourth-order valence-corrected chi connectivity index (χ4v) is 5.04. The van der Waals surface area contributed by atoms with Crippen molar-refractivity contribution >= 4 is 28.7 Å². The van der Waals surface area contributed by atoms with Gasteiger partial charge in [0.15, 0.2) is 5.65 Å². The molecule has 0 spiro atoms. The Hall–Kier alpha value is -2.39. The first-order valence-electron chi connectivity index (χ1n) is 10.3. The predicted molar refractivity (Wildman–Crippen MR) is 120 cm³/mol. The largest absolute Gasteiger partial charge is 0.496 e. The second kappa shape index (κ2) is 8.39. The van der Waals surface area contributed by atoms with E-state index in [4.69, 9.17) is 15.6 Å². The summed E-state index contributed by atoms with van der Waals surface area (Å²) < 4.78 is 7.47. The van der Waals surface area contributed by atoms with Crippen LogP contribution >= 0.6 is 11.8 Å². The number of methoxy groups -OCH3 is 1. The van der Waals surface area contributed by atoms with Gasteiger partial charge in [-0.15, -0.1) is 11.8 Å². The van der Waals surface area contributed by atoms with Gasteiger partial charge < -0.3 is 15.8 Å². The molecule has 0 fully saturated rings. The van der Waals surface area contributed by atoms with Crippen LogP contribution in [0, 0.1) is 13.8 Å². The van der Waals surface area contributed by atoms with Gasteiger partial charge in [-0.3, -0.25) is 4.98 Å². The normalized spacial score (nSPS) is 17.2. The van der Waals surface area contributed by atoms with Gasteiger partial charge in [-0.1, -0.05) is 6.92 Å². The second-order valence-corrected chi connectivity index (χ2v) is 8.93. The van der Waals surface area contributed by atoms with Gasteiger partial charge in [0.2, 0.25) is 5.95 Å². The number of pyridine rings is 1. The molecule has 0 aromatic carbocycles. The molecular formula is C21H29N7OS. The molecule has 4 rings (SSSR count). The summed E-state index contributed by atoms with van der Waals surface area (Å²) in [7, 11) is 1.69. The lowest BCUT2D eigenvalue weighted by Crippen LogP contribution is -2.39. The van der Waals surface area contributed by atoms with Gasteiger partial charge in [0.1, 0.15) is 10.8 Å². The molecule has 0 radical (unpaired) electrons. The Balaban J connectivity index is 1.76. The lowest BCUT2D eigenvalue weighted by molar-refractivity contribution is 0.406. The number of nitrogens with one attached hydrogen (secondary N) is 1. The summed E-state index contributed by atoms with van der Waals surface area (Å²) in [4.78, 5) is 13.7. The summed E-state index contributed by atoms with van der Waals surface area (Å²) in [5, 5.41) is 10.6. The number of ether oxygens (including phenoxy) is 1. The predicted octanol–water partition coefficient (Wildman–Crippen LogP) is 2.88. The molecule has 160 valence electrons. The molecule has 0 amide bonds. The Morgan fingerprint density at radius 2 is 2.17 bits per heavy atom. The van der Waals surface area contributed by atoms with Gasteiger partial charge in [-0.25, -0.2) is 9.67 Å². The molecule has 30 heavy (non-hydrogen) atoms. The van der Waals surface area contributed by atoms with Crippen molar-refractivity contribution in [1.82, 2.24) is 30.0 Å². The zero-order valence-corrected chi connectivity index (χ0v) is 19.0. The number of hydrogen-bond acceptors (Lipinski definition) is 8. The molecule has 1 unspecified atom stereocenters. The topological polar surface area (TPSA) is 104 Å². The van der Waals surface area contributed by atoms with Gasteiger partial charge in [0, 0.05) is 41.6 Å². The van der Waals surface area contributed by atoms with Crippen LogP contribution in [0.15, 0.2) is 11.2 Å². The van der Waals surface area contributed by atoms with Gasteiger partial charge in [-0.2, -0.15) is 10.1 Å². The first-order chi connectivity index (χ1) is 14.4. The van der Waals surface area contributed by atoms with E-state index < -0.39 is 0 Å². The van der Waals surface area contributed by atoms with Crippen molar-refractivity contribution in [3.63, 3.8) is 0 Å². The fraction of sp³-hybridized carbons (Fsp3) is 0.524. The van der Waals surface area contributed by atoms with Gasteiger partial charge in [0.25, 0.3) is 0 Å². The van der Waals surface area contributed by atoms with Crippen molar-refractivity contribution in [3.8, 4) is 5.75 Å². The highest BCUT2D eigenvalue weighted by Gasteiger charge is 2.26. The van der Waals surface area contributed by atoms with Crippen molar-refractivity contribution in [1.29, 1.82) is 0 Å². The highest BCUT2D eigenvalue weighted by Crippen LogP contribution is 2.34. The van der Waals surface area contributed by atoms with Crippen LogP contribution in [0.3, 0.4) is 0 Å².